The van der Waals surface area contributed by atoms with Crippen molar-refractivity contribution in [3.63, 3.8) is 0 Å². The van der Waals surface area contributed by atoms with Crippen LogP contribution in [0.1, 0.15) is 11.1 Å². The number of H-pyrrole nitrogens is 1. The fourth-order valence-electron chi connectivity index (χ4n) is 2.50. The summed E-state index contributed by atoms with van der Waals surface area (Å²) in [5.41, 5.74) is 1.06. The SMILES string of the molecule is N#Cc1ccc(F)c(C2=Nc3ncccc3-c3[nH]ncc3N2)c1F. The number of nitrogens with one attached hydrogen (secondary N) is 2. The number of rotatable bonds is 1. The number of hydrogen-bond acceptors (Lipinski definition) is 5. The largest absolute Gasteiger partial charge is 0.336 e. The first-order chi connectivity index (χ1) is 11.7. The normalized spacial score (nSPS) is 12.3. The highest BCUT2D eigenvalue weighted by molar-refractivity contribution is 6.13. The third kappa shape index (κ3) is 2.03. The van der Waals surface area contributed by atoms with Gasteiger partial charge in [-0.1, -0.05) is 0 Å². The van der Waals surface area contributed by atoms with Crippen molar-refractivity contribution in [3.8, 4) is 17.3 Å². The Hall–Kier alpha value is -3.60. The number of aliphatic imine (C=N–C) groups is 1. The monoisotopic (exact) mass is 322 g/mol. The molecular weight excluding hydrogens is 314 g/mol. The standard InChI is InChI=1S/C16H8F2N6/c17-10-4-3-8(6-19)13(18)12(10)16-22-11-7-21-24-14(11)9-2-1-5-20-15(9)23-16/h1-5,7H,(H,21,24)(H,20,22,23). The Morgan fingerprint density at radius 2 is 2.04 bits per heavy atom. The number of anilines is 1. The third-order valence-corrected chi connectivity index (χ3v) is 3.61. The highest BCUT2D eigenvalue weighted by Gasteiger charge is 2.24. The minimum atomic E-state index is -0.979. The summed E-state index contributed by atoms with van der Waals surface area (Å²) < 4.78 is 28.7. The number of benzene rings is 1. The van der Waals surface area contributed by atoms with Gasteiger partial charge in [-0.05, 0) is 24.3 Å². The molecule has 0 amide bonds. The Morgan fingerprint density at radius 1 is 1.17 bits per heavy atom. The zero-order valence-corrected chi connectivity index (χ0v) is 12.0. The summed E-state index contributed by atoms with van der Waals surface area (Å²) in [6, 6.07) is 7.30. The van der Waals surface area contributed by atoms with Crippen LogP contribution in [0, 0.1) is 23.0 Å². The number of aromatic nitrogens is 3. The second-order valence-corrected chi connectivity index (χ2v) is 5.01. The summed E-state index contributed by atoms with van der Waals surface area (Å²) in [7, 11) is 0. The van der Waals surface area contributed by atoms with Crippen molar-refractivity contribution in [1.29, 1.82) is 5.26 Å². The van der Waals surface area contributed by atoms with Crippen molar-refractivity contribution in [2.24, 2.45) is 4.99 Å². The Kier molecular flexibility index (Phi) is 3.06. The minimum Gasteiger partial charge on any atom is -0.336 e. The van der Waals surface area contributed by atoms with E-state index in [2.05, 4.69) is 25.5 Å². The lowest BCUT2D eigenvalue weighted by atomic mass is 10.1. The van der Waals surface area contributed by atoms with Crippen LogP contribution in [0.2, 0.25) is 0 Å². The maximum atomic E-state index is 14.5. The predicted molar refractivity (Wildman–Crippen MR) is 82.7 cm³/mol. The maximum Gasteiger partial charge on any atom is 0.163 e. The van der Waals surface area contributed by atoms with Crippen LogP contribution in [0.15, 0.2) is 41.7 Å². The van der Waals surface area contributed by atoms with E-state index >= 15 is 0 Å². The molecule has 0 radical (unpaired) electrons. The average Bonchev–Trinajstić information content (AvgIpc) is 2.98. The quantitative estimate of drug-likeness (QED) is 0.720. The van der Waals surface area contributed by atoms with Gasteiger partial charge in [-0.3, -0.25) is 5.10 Å². The van der Waals surface area contributed by atoms with E-state index in [9.17, 15) is 8.78 Å². The lowest BCUT2D eigenvalue weighted by molar-refractivity contribution is 0.576. The predicted octanol–water partition coefficient (Wildman–Crippen LogP) is 3.13. The molecule has 1 aromatic carbocycles. The molecule has 4 rings (SSSR count). The number of fused-ring (bicyclic) bond motifs is 3. The van der Waals surface area contributed by atoms with Crippen LogP contribution in [-0.2, 0) is 0 Å². The summed E-state index contributed by atoms with van der Waals surface area (Å²) in [5, 5.41) is 18.6. The van der Waals surface area contributed by atoms with Gasteiger partial charge in [0.05, 0.1) is 28.7 Å². The highest BCUT2D eigenvalue weighted by Crippen LogP contribution is 2.35. The number of pyridine rings is 1. The fraction of sp³-hybridized carbons (Fsp3) is 0. The molecule has 24 heavy (non-hydrogen) atoms. The second kappa shape index (κ2) is 5.24. The summed E-state index contributed by atoms with van der Waals surface area (Å²) in [5.74, 6) is -1.61. The van der Waals surface area contributed by atoms with Crippen LogP contribution in [0.5, 0.6) is 0 Å². The zero-order valence-electron chi connectivity index (χ0n) is 12.0. The van der Waals surface area contributed by atoms with Crippen molar-refractivity contribution in [2.45, 2.75) is 0 Å². The minimum absolute atomic E-state index is 0.0813. The number of hydrogen-bond donors (Lipinski definition) is 2. The van der Waals surface area contributed by atoms with E-state index in [0.717, 1.165) is 12.1 Å². The summed E-state index contributed by atoms with van der Waals surface area (Å²) in [4.78, 5) is 8.40. The van der Waals surface area contributed by atoms with Crippen molar-refractivity contribution >= 4 is 17.3 Å². The molecule has 6 nitrogen and oxygen atoms in total. The molecule has 0 atom stereocenters. The first kappa shape index (κ1) is 14.0. The van der Waals surface area contributed by atoms with Crippen LogP contribution < -0.4 is 5.32 Å². The average molecular weight is 322 g/mol. The van der Waals surface area contributed by atoms with E-state index in [1.807, 2.05) is 0 Å². The first-order valence-electron chi connectivity index (χ1n) is 6.92. The molecule has 3 heterocycles. The van der Waals surface area contributed by atoms with Gasteiger partial charge in [-0.2, -0.15) is 10.4 Å². The lowest BCUT2D eigenvalue weighted by Crippen LogP contribution is -2.17. The number of aromatic amines is 1. The van der Waals surface area contributed by atoms with E-state index in [1.54, 1.807) is 18.2 Å². The molecule has 0 unspecified atom stereocenters. The third-order valence-electron chi connectivity index (χ3n) is 3.61. The Bertz CT molecular complexity index is 1030. The lowest BCUT2D eigenvalue weighted by Gasteiger charge is -2.10. The molecule has 2 N–H and O–H groups in total. The van der Waals surface area contributed by atoms with Gasteiger partial charge in [-0.25, -0.2) is 18.8 Å². The summed E-state index contributed by atoms with van der Waals surface area (Å²) in [6.07, 6.45) is 3.01. The van der Waals surface area contributed by atoms with Crippen LogP contribution in [0.4, 0.5) is 20.3 Å². The molecule has 0 aliphatic carbocycles. The van der Waals surface area contributed by atoms with Gasteiger partial charge in [0.15, 0.2) is 11.6 Å². The molecule has 0 bridgehead atoms. The molecule has 2 aromatic heterocycles. The molecule has 0 fully saturated rings. The van der Waals surface area contributed by atoms with Gasteiger partial charge in [0.1, 0.15) is 17.7 Å². The Balaban J connectivity index is 2.00. The van der Waals surface area contributed by atoms with Crippen molar-refractivity contribution in [3.05, 3.63) is 59.4 Å². The Morgan fingerprint density at radius 3 is 2.88 bits per heavy atom. The molecular formula is C16H8F2N6. The van der Waals surface area contributed by atoms with Crippen LogP contribution >= 0.6 is 0 Å². The van der Waals surface area contributed by atoms with E-state index in [-0.39, 0.29) is 17.2 Å². The fourth-order valence-corrected chi connectivity index (χ4v) is 2.50. The smallest absolute Gasteiger partial charge is 0.163 e. The molecule has 0 saturated carbocycles. The molecule has 3 aromatic rings. The van der Waals surface area contributed by atoms with Gasteiger partial charge in [-0.15, -0.1) is 0 Å². The molecule has 1 aliphatic rings. The molecule has 0 spiro atoms. The Labute approximate surface area is 134 Å². The number of amidine groups is 1. The number of nitriles is 1. The van der Waals surface area contributed by atoms with Crippen molar-refractivity contribution < 1.29 is 8.78 Å². The second-order valence-electron chi connectivity index (χ2n) is 5.01. The van der Waals surface area contributed by atoms with Crippen LogP contribution in [0.3, 0.4) is 0 Å². The van der Waals surface area contributed by atoms with Crippen molar-refractivity contribution in [1.82, 2.24) is 15.2 Å². The number of halogens is 2. The van der Waals surface area contributed by atoms with Crippen molar-refractivity contribution in [2.75, 3.05) is 5.32 Å². The molecule has 0 saturated heterocycles. The van der Waals surface area contributed by atoms with E-state index in [4.69, 9.17) is 5.26 Å². The van der Waals surface area contributed by atoms with E-state index in [0.29, 0.717) is 16.9 Å². The van der Waals surface area contributed by atoms with Crippen LogP contribution in [-0.4, -0.2) is 21.0 Å². The highest BCUT2D eigenvalue weighted by atomic mass is 19.1. The van der Waals surface area contributed by atoms with E-state index < -0.39 is 17.2 Å². The molecule has 8 heteroatoms. The molecule has 116 valence electrons. The van der Waals surface area contributed by atoms with Gasteiger partial charge in [0, 0.05) is 11.8 Å². The van der Waals surface area contributed by atoms with E-state index in [1.165, 1.54) is 12.4 Å². The number of nitrogens with zero attached hydrogens (tertiary/aromatic N) is 4. The maximum absolute atomic E-state index is 14.5. The molecule has 1 aliphatic heterocycles. The zero-order chi connectivity index (χ0) is 16.7. The summed E-state index contributed by atoms with van der Waals surface area (Å²) in [6.45, 7) is 0. The van der Waals surface area contributed by atoms with Crippen LogP contribution in [0.25, 0.3) is 11.3 Å². The van der Waals surface area contributed by atoms with Gasteiger partial charge < -0.3 is 5.32 Å². The summed E-state index contributed by atoms with van der Waals surface area (Å²) >= 11 is 0. The first-order valence-corrected chi connectivity index (χ1v) is 6.92. The topological polar surface area (TPSA) is 89.8 Å². The van der Waals surface area contributed by atoms with Gasteiger partial charge in [0.2, 0.25) is 0 Å². The van der Waals surface area contributed by atoms with Gasteiger partial charge >= 0.3 is 0 Å². The van der Waals surface area contributed by atoms with Gasteiger partial charge in [0.25, 0.3) is 0 Å².